The number of halogens is 1. The molecule has 2 rings (SSSR count). The van der Waals surface area contributed by atoms with Gasteiger partial charge >= 0.3 is 0 Å². The standard InChI is InChI=1S/C11H14INO2/c12-9-1-3-10(4-2-9)13-5-6-15-11(7-13)8-14/h1-4,11,14H,5-8H2/t11-/m0/s1. The fraction of sp³-hybridized carbons (Fsp3) is 0.455. The maximum Gasteiger partial charge on any atom is 0.0980 e. The van der Waals surface area contributed by atoms with E-state index in [0.717, 1.165) is 13.1 Å². The first-order chi connectivity index (χ1) is 7.29. The lowest BCUT2D eigenvalue weighted by molar-refractivity contribution is 0.00357. The molecule has 0 bridgehead atoms. The molecule has 1 saturated heterocycles. The van der Waals surface area contributed by atoms with Crippen LogP contribution in [0, 0.1) is 3.57 Å². The van der Waals surface area contributed by atoms with Crippen molar-refractivity contribution in [3.63, 3.8) is 0 Å². The van der Waals surface area contributed by atoms with E-state index in [4.69, 9.17) is 9.84 Å². The van der Waals surface area contributed by atoms with Crippen molar-refractivity contribution in [2.75, 3.05) is 31.2 Å². The van der Waals surface area contributed by atoms with Crippen molar-refractivity contribution in [2.45, 2.75) is 6.10 Å². The zero-order chi connectivity index (χ0) is 10.7. The van der Waals surface area contributed by atoms with Gasteiger partial charge in [0.05, 0.1) is 19.3 Å². The largest absolute Gasteiger partial charge is 0.394 e. The van der Waals surface area contributed by atoms with Crippen LogP contribution >= 0.6 is 22.6 Å². The van der Waals surface area contributed by atoms with Crippen molar-refractivity contribution in [1.82, 2.24) is 0 Å². The SMILES string of the molecule is OC[C@@H]1CN(c2ccc(I)cc2)CCO1. The van der Waals surface area contributed by atoms with Crippen molar-refractivity contribution in [3.8, 4) is 0 Å². The number of aliphatic hydroxyl groups excluding tert-OH is 1. The Morgan fingerprint density at radius 3 is 2.80 bits per heavy atom. The summed E-state index contributed by atoms with van der Waals surface area (Å²) in [7, 11) is 0. The van der Waals surface area contributed by atoms with Crippen LogP contribution in [0.5, 0.6) is 0 Å². The summed E-state index contributed by atoms with van der Waals surface area (Å²) in [5, 5.41) is 9.05. The van der Waals surface area contributed by atoms with Crippen LogP contribution in [0.15, 0.2) is 24.3 Å². The molecule has 0 radical (unpaired) electrons. The molecule has 15 heavy (non-hydrogen) atoms. The number of anilines is 1. The first kappa shape index (κ1) is 11.2. The highest BCUT2D eigenvalue weighted by atomic mass is 127. The monoisotopic (exact) mass is 319 g/mol. The molecule has 1 aliphatic heterocycles. The summed E-state index contributed by atoms with van der Waals surface area (Å²) in [6, 6.07) is 8.42. The fourth-order valence-corrected chi connectivity index (χ4v) is 2.08. The molecular formula is C11H14INO2. The molecular weight excluding hydrogens is 305 g/mol. The Labute approximate surface area is 103 Å². The lowest BCUT2D eigenvalue weighted by Gasteiger charge is -2.33. The van der Waals surface area contributed by atoms with E-state index in [-0.39, 0.29) is 12.7 Å². The summed E-state index contributed by atoms with van der Waals surface area (Å²) in [6.07, 6.45) is -0.0435. The number of nitrogens with zero attached hydrogens (tertiary/aromatic N) is 1. The van der Waals surface area contributed by atoms with Crippen molar-refractivity contribution < 1.29 is 9.84 Å². The molecule has 0 unspecified atom stereocenters. The second kappa shape index (κ2) is 5.14. The molecule has 0 aliphatic carbocycles. The highest BCUT2D eigenvalue weighted by Crippen LogP contribution is 2.18. The minimum Gasteiger partial charge on any atom is -0.394 e. The Kier molecular flexibility index (Phi) is 3.82. The second-order valence-corrected chi connectivity index (χ2v) is 4.84. The summed E-state index contributed by atoms with van der Waals surface area (Å²) in [5.74, 6) is 0. The fourth-order valence-electron chi connectivity index (χ4n) is 1.72. The summed E-state index contributed by atoms with van der Waals surface area (Å²) >= 11 is 2.30. The number of benzene rings is 1. The topological polar surface area (TPSA) is 32.7 Å². The third-order valence-electron chi connectivity index (χ3n) is 2.53. The molecule has 1 aromatic carbocycles. The molecule has 0 amide bonds. The normalized spacial score (nSPS) is 21.7. The number of aliphatic hydroxyl groups is 1. The third-order valence-corrected chi connectivity index (χ3v) is 3.25. The summed E-state index contributed by atoms with van der Waals surface area (Å²) in [4.78, 5) is 2.25. The molecule has 82 valence electrons. The molecule has 0 saturated carbocycles. The van der Waals surface area contributed by atoms with E-state index >= 15 is 0 Å². The van der Waals surface area contributed by atoms with Crippen LogP contribution in [0.2, 0.25) is 0 Å². The van der Waals surface area contributed by atoms with Crippen LogP contribution in [0.3, 0.4) is 0 Å². The van der Waals surface area contributed by atoms with Crippen molar-refractivity contribution in [2.24, 2.45) is 0 Å². The maximum atomic E-state index is 9.05. The Morgan fingerprint density at radius 1 is 1.40 bits per heavy atom. The second-order valence-electron chi connectivity index (χ2n) is 3.60. The number of rotatable bonds is 2. The molecule has 3 nitrogen and oxygen atoms in total. The number of morpholine rings is 1. The smallest absolute Gasteiger partial charge is 0.0980 e. The average Bonchev–Trinajstić information content (AvgIpc) is 2.30. The van der Waals surface area contributed by atoms with E-state index in [2.05, 4.69) is 51.8 Å². The molecule has 1 atom stereocenters. The van der Waals surface area contributed by atoms with Gasteiger partial charge in [0.2, 0.25) is 0 Å². The number of hydrogen-bond donors (Lipinski definition) is 1. The van der Waals surface area contributed by atoms with Crippen LogP contribution < -0.4 is 4.90 Å². The van der Waals surface area contributed by atoms with Crippen LogP contribution in [0.25, 0.3) is 0 Å². The zero-order valence-corrected chi connectivity index (χ0v) is 10.6. The van der Waals surface area contributed by atoms with Gasteiger partial charge in [-0.1, -0.05) is 0 Å². The molecule has 1 N–H and O–H groups in total. The van der Waals surface area contributed by atoms with Gasteiger partial charge in [0.1, 0.15) is 0 Å². The summed E-state index contributed by atoms with van der Waals surface area (Å²) < 4.78 is 6.65. The van der Waals surface area contributed by atoms with Gasteiger partial charge in [0, 0.05) is 22.3 Å². The van der Waals surface area contributed by atoms with Crippen LogP contribution in [-0.4, -0.2) is 37.5 Å². The molecule has 1 aliphatic rings. The molecule has 1 aromatic rings. The van der Waals surface area contributed by atoms with Crippen molar-refractivity contribution >= 4 is 28.3 Å². The Morgan fingerprint density at radius 2 is 2.13 bits per heavy atom. The van der Waals surface area contributed by atoms with Gasteiger partial charge in [-0.15, -0.1) is 0 Å². The highest BCUT2D eigenvalue weighted by molar-refractivity contribution is 14.1. The van der Waals surface area contributed by atoms with Crippen molar-refractivity contribution in [1.29, 1.82) is 0 Å². The lowest BCUT2D eigenvalue weighted by atomic mass is 10.2. The zero-order valence-electron chi connectivity index (χ0n) is 8.40. The lowest BCUT2D eigenvalue weighted by Crippen LogP contribution is -2.44. The number of ether oxygens (including phenoxy) is 1. The van der Waals surface area contributed by atoms with E-state index in [9.17, 15) is 0 Å². The van der Waals surface area contributed by atoms with E-state index < -0.39 is 0 Å². The van der Waals surface area contributed by atoms with Gasteiger partial charge in [-0.2, -0.15) is 0 Å². The van der Waals surface area contributed by atoms with E-state index in [1.807, 2.05) is 0 Å². The maximum absolute atomic E-state index is 9.05. The predicted molar refractivity (Wildman–Crippen MR) is 68.2 cm³/mol. The number of hydrogen-bond acceptors (Lipinski definition) is 3. The molecule has 0 aromatic heterocycles. The summed E-state index contributed by atoms with van der Waals surface area (Å²) in [5.41, 5.74) is 1.21. The minimum absolute atomic E-state index is 0.0435. The van der Waals surface area contributed by atoms with Gasteiger partial charge in [-0.05, 0) is 46.9 Å². The van der Waals surface area contributed by atoms with Gasteiger partial charge in [-0.3, -0.25) is 0 Å². The van der Waals surface area contributed by atoms with Crippen LogP contribution in [0.1, 0.15) is 0 Å². The predicted octanol–water partition coefficient (Wildman–Crippen LogP) is 1.49. The Balaban J connectivity index is 2.06. The minimum atomic E-state index is -0.0435. The quantitative estimate of drug-likeness (QED) is 0.839. The Bertz CT molecular complexity index is 315. The van der Waals surface area contributed by atoms with Gasteiger partial charge in [-0.25, -0.2) is 0 Å². The first-order valence-corrected chi connectivity index (χ1v) is 6.10. The molecule has 4 heteroatoms. The van der Waals surface area contributed by atoms with Gasteiger partial charge < -0.3 is 14.7 Å². The average molecular weight is 319 g/mol. The third kappa shape index (κ3) is 2.83. The van der Waals surface area contributed by atoms with Crippen LogP contribution in [0.4, 0.5) is 5.69 Å². The van der Waals surface area contributed by atoms with Crippen LogP contribution in [-0.2, 0) is 4.74 Å². The van der Waals surface area contributed by atoms with Gasteiger partial charge in [0.15, 0.2) is 0 Å². The van der Waals surface area contributed by atoms with E-state index in [0.29, 0.717) is 6.61 Å². The van der Waals surface area contributed by atoms with E-state index in [1.54, 1.807) is 0 Å². The van der Waals surface area contributed by atoms with Gasteiger partial charge in [0.25, 0.3) is 0 Å². The van der Waals surface area contributed by atoms with E-state index in [1.165, 1.54) is 9.26 Å². The Hall–Kier alpha value is -0.330. The highest BCUT2D eigenvalue weighted by Gasteiger charge is 2.19. The summed E-state index contributed by atoms with van der Waals surface area (Å²) in [6.45, 7) is 2.46. The first-order valence-electron chi connectivity index (χ1n) is 5.02. The molecule has 0 spiro atoms. The molecule has 1 fully saturated rings. The van der Waals surface area contributed by atoms with Crippen molar-refractivity contribution in [3.05, 3.63) is 27.8 Å². The molecule has 1 heterocycles.